The van der Waals surface area contributed by atoms with Gasteiger partial charge in [-0.1, -0.05) is 23.2 Å². The highest BCUT2D eigenvalue weighted by atomic mass is 127. The Morgan fingerprint density at radius 3 is 1.00 bits per heavy atom. The van der Waals surface area contributed by atoms with E-state index in [1.165, 1.54) is 0 Å². The van der Waals surface area contributed by atoms with Gasteiger partial charge in [0.2, 0.25) is 0 Å². The summed E-state index contributed by atoms with van der Waals surface area (Å²) in [6.45, 7) is 0. The Hall–Kier alpha value is 1.76. The highest BCUT2D eigenvalue weighted by molar-refractivity contribution is 14.1. The second kappa shape index (κ2) is 3.49. The summed E-state index contributed by atoms with van der Waals surface area (Å²) < 4.78 is 42.4. The van der Waals surface area contributed by atoms with Crippen LogP contribution in [-0.2, 0) is 0 Å². The van der Waals surface area contributed by atoms with Crippen LogP contribution in [0.2, 0.25) is 0 Å². The third-order valence-corrected chi connectivity index (χ3v) is 2.54. The Bertz CT molecular complexity index is 132. The first-order valence-corrected chi connectivity index (χ1v) is 4.93. The summed E-state index contributed by atoms with van der Waals surface area (Å²) in [6, 6.07) is 0. The molecule has 0 N–H and O–H groups in total. The topological polar surface area (TPSA) is 0 Å². The first kappa shape index (κ1) is 12.8. The van der Waals surface area contributed by atoms with Crippen molar-refractivity contribution in [2.24, 2.45) is 0 Å². The van der Waals surface area contributed by atoms with Gasteiger partial charge in [-0.3, -0.25) is 0 Å². The predicted octanol–water partition coefficient (Wildman–Crippen LogP) is 4.22. The second-order valence-electron chi connectivity index (χ2n) is 1.57. The van der Waals surface area contributed by atoms with Gasteiger partial charge in [0.15, 0.2) is 0 Å². The maximum absolute atomic E-state index is 12.4. The first-order valence-electron chi connectivity index (χ1n) is 2.01. The van der Waals surface area contributed by atoms with Crippen molar-refractivity contribution in [2.75, 3.05) is 0 Å². The van der Waals surface area contributed by atoms with Gasteiger partial charge in [0, 0.05) is 0 Å². The summed E-state index contributed by atoms with van der Waals surface area (Å²) in [6.07, 6.45) is 0. The normalized spacial score (nSPS) is 24.0. The van der Waals surface area contributed by atoms with Crippen LogP contribution in [-0.4, -0.2) is 12.2 Å². The van der Waals surface area contributed by atoms with E-state index < -0.39 is 12.2 Å². The fraction of sp³-hybridized carbons (Fsp3) is 1.00. The molecule has 0 aliphatic rings. The molecule has 68 valence electrons. The molecule has 0 aliphatic heterocycles. The zero-order valence-electron chi connectivity index (χ0n) is 4.52. The Labute approximate surface area is 97.3 Å². The molecule has 0 radical (unpaired) electrons. The summed E-state index contributed by atoms with van der Waals surface area (Å²) in [5, 5.41) is 0. The van der Waals surface area contributed by atoms with E-state index in [1.54, 1.807) is 0 Å². The summed E-state index contributed by atoms with van der Waals surface area (Å²) in [7, 11) is 0. The maximum atomic E-state index is 12.4. The third kappa shape index (κ3) is 2.87. The van der Waals surface area contributed by atoms with Crippen LogP contribution < -0.4 is 0 Å². The standard InChI is InChI=1S/C3Cl2F4I2/c4-2(8,10)1(6,7)3(5,9)11. The number of hydrogen-bond acceptors (Lipinski definition) is 0. The van der Waals surface area contributed by atoms with Gasteiger partial charge in [-0.05, 0) is 45.2 Å². The van der Waals surface area contributed by atoms with Crippen LogP contribution in [0, 0.1) is 0 Å². The molecule has 0 saturated carbocycles. The molecule has 0 saturated heterocycles. The molecule has 0 heterocycles. The van der Waals surface area contributed by atoms with Gasteiger partial charge in [0.05, 0.1) is 0 Å². The Morgan fingerprint density at radius 1 is 0.818 bits per heavy atom. The lowest BCUT2D eigenvalue weighted by Gasteiger charge is -2.27. The third-order valence-electron chi connectivity index (χ3n) is 0.712. The zero-order valence-corrected chi connectivity index (χ0v) is 10.4. The average molecular weight is 437 g/mol. The second-order valence-corrected chi connectivity index (χ2v) is 6.86. The van der Waals surface area contributed by atoms with Crippen LogP contribution in [0.15, 0.2) is 0 Å². The van der Waals surface area contributed by atoms with Crippen LogP contribution in [0.4, 0.5) is 17.6 Å². The van der Waals surface area contributed by atoms with Gasteiger partial charge in [-0.25, -0.2) is 8.78 Å². The molecule has 0 nitrogen and oxygen atoms in total. The number of hydrogen-bond donors (Lipinski definition) is 0. The number of rotatable bonds is 2. The van der Waals surface area contributed by atoms with Crippen molar-refractivity contribution < 1.29 is 17.6 Å². The summed E-state index contributed by atoms with van der Waals surface area (Å²) >= 11 is 10.2. The van der Waals surface area contributed by atoms with Crippen LogP contribution in [0.1, 0.15) is 0 Å². The minimum absolute atomic E-state index is 0.564. The summed E-state index contributed by atoms with van der Waals surface area (Å²) in [5.41, 5.74) is 0. The molecule has 0 aliphatic carbocycles. The fourth-order valence-corrected chi connectivity index (χ4v) is 2.05. The van der Waals surface area contributed by atoms with Gasteiger partial charge < -0.3 is 0 Å². The highest BCUT2D eigenvalue weighted by Crippen LogP contribution is 2.54. The van der Waals surface area contributed by atoms with E-state index >= 15 is 0 Å². The Kier molecular flexibility index (Phi) is 4.04. The maximum Gasteiger partial charge on any atom is 0.360 e. The molecule has 11 heavy (non-hydrogen) atoms. The number of halogens is 8. The molecule has 0 aromatic rings. The first-order chi connectivity index (χ1) is 4.50. The molecule has 0 amide bonds. The monoisotopic (exact) mass is 436 g/mol. The molecule has 0 aromatic carbocycles. The molecule has 0 rings (SSSR count). The predicted molar refractivity (Wildman–Crippen MR) is 52.4 cm³/mol. The smallest absolute Gasteiger partial charge is 0.207 e. The van der Waals surface area contributed by atoms with Crippen molar-refractivity contribution in [3.8, 4) is 0 Å². The zero-order chi connectivity index (χ0) is 9.50. The molecular formula is C3Cl2F4I2. The molecule has 2 unspecified atom stereocenters. The van der Waals surface area contributed by atoms with Crippen molar-refractivity contribution in [1.82, 2.24) is 0 Å². The van der Waals surface area contributed by atoms with Crippen molar-refractivity contribution in [1.29, 1.82) is 0 Å². The Morgan fingerprint density at radius 2 is 1.00 bits per heavy atom. The van der Waals surface area contributed by atoms with Crippen LogP contribution in [0.3, 0.4) is 0 Å². The number of alkyl halides is 8. The average Bonchev–Trinajstić information content (AvgIpc) is 1.58. The van der Waals surface area contributed by atoms with E-state index in [2.05, 4.69) is 23.2 Å². The van der Waals surface area contributed by atoms with Crippen LogP contribution >= 0.6 is 68.4 Å². The van der Waals surface area contributed by atoms with Crippen molar-refractivity contribution >= 4 is 68.4 Å². The van der Waals surface area contributed by atoms with E-state index in [-0.39, 0.29) is 0 Å². The summed E-state index contributed by atoms with van der Waals surface area (Å²) in [4.78, 5) is 0. The largest absolute Gasteiger partial charge is 0.360 e. The van der Waals surface area contributed by atoms with Gasteiger partial charge in [0.1, 0.15) is 0 Å². The van der Waals surface area contributed by atoms with Gasteiger partial charge in [0.25, 0.3) is 0 Å². The van der Waals surface area contributed by atoms with Crippen molar-refractivity contribution in [3.05, 3.63) is 0 Å². The molecule has 0 spiro atoms. The molecule has 0 aromatic heterocycles. The van der Waals surface area contributed by atoms with Gasteiger partial charge in [-0.2, -0.15) is 8.78 Å². The molecule has 0 bridgehead atoms. The minimum Gasteiger partial charge on any atom is -0.207 e. The quantitative estimate of drug-likeness (QED) is 0.345. The van der Waals surface area contributed by atoms with E-state index in [4.69, 9.17) is 0 Å². The fourth-order valence-electron chi connectivity index (χ4n) is 0.161. The summed E-state index contributed by atoms with van der Waals surface area (Å²) in [5.74, 6) is -4.45. The molecular weight excluding hydrogens is 437 g/mol. The SMILES string of the molecule is FC(Cl)(I)C(F)(F)C(F)(Cl)I. The van der Waals surface area contributed by atoms with Gasteiger partial charge >= 0.3 is 12.2 Å². The molecule has 0 fully saturated rings. The molecule has 8 heteroatoms. The lowest BCUT2D eigenvalue weighted by atomic mass is 10.4. The Balaban J connectivity index is 4.75. The lowest BCUT2D eigenvalue weighted by Crippen LogP contribution is -2.45. The van der Waals surface area contributed by atoms with E-state index in [9.17, 15) is 17.6 Å². The van der Waals surface area contributed by atoms with Gasteiger partial charge in [-0.15, -0.1) is 0 Å². The van der Waals surface area contributed by atoms with Crippen LogP contribution in [0.25, 0.3) is 0 Å². The van der Waals surface area contributed by atoms with Crippen LogP contribution in [0.5, 0.6) is 0 Å². The van der Waals surface area contributed by atoms with Crippen molar-refractivity contribution in [3.63, 3.8) is 0 Å². The minimum atomic E-state index is -4.45. The van der Waals surface area contributed by atoms with E-state index in [0.29, 0.717) is 45.2 Å². The van der Waals surface area contributed by atoms with E-state index in [1.807, 2.05) is 0 Å². The highest BCUT2D eigenvalue weighted by Gasteiger charge is 2.66. The lowest BCUT2D eigenvalue weighted by molar-refractivity contribution is -0.0870. The van der Waals surface area contributed by atoms with Crippen molar-refractivity contribution in [2.45, 2.75) is 12.2 Å². The molecule has 2 atom stereocenters. The van der Waals surface area contributed by atoms with E-state index in [0.717, 1.165) is 0 Å².